The van der Waals surface area contributed by atoms with Crippen molar-refractivity contribution in [2.45, 2.75) is 32.1 Å². The van der Waals surface area contributed by atoms with Crippen molar-refractivity contribution in [3.8, 4) is 11.3 Å². The molecule has 1 aliphatic carbocycles. The third-order valence-electron chi connectivity index (χ3n) is 4.76. The number of nitrogens with one attached hydrogen (secondary N) is 1. The van der Waals surface area contributed by atoms with Crippen LogP contribution in [0.25, 0.3) is 11.3 Å². The van der Waals surface area contributed by atoms with Crippen molar-refractivity contribution < 1.29 is 9.32 Å². The number of carbonyl (C=O) groups excluding carboxylic acids is 1. The second-order valence-electron chi connectivity index (χ2n) is 6.25. The van der Waals surface area contributed by atoms with Crippen LogP contribution in [-0.4, -0.2) is 42.1 Å². The maximum Gasteiger partial charge on any atom is 0.273 e. The summed E-state index contributed by atoms with van der Waals surface area (Å²) in [5.74, 6) is 0.680. The van der Waals surface area contributed by atoms with Gasteiger partial charge >= 0.3 is 0 Å². The molecule has 1 N–H and O–H groups in total. The second kappa shape index (κ2) is 6.45. The predicted molar refractivity (Wildman–Crippen MR) is 89.8 cm³/mol. The van der Waals surface area contributed by atoms with Crippen LogP contribution in [0.3, 0.4) is 0 Å². The molecular formula is C17H21N3O2S. The SMILES string of the molecule is O=C(NCCN1CCCCC1)c1noc2c1CCc1sccc1-2. The molecule has 122 valence electrons. The molecule has 1 amide bonds. The first-order valence-electron chi connectivity index (χ1n) is 8.39. The number of aryl methyl sites for hydroxylation is 1. The van der Waals surface area contributed by atoms with E-state index in [1.807, 2.05) is 0 Å². The average molecular weight is 331 g/mol. The van der Waals surface area contributed by atoms with Gasteiger partial charge in [-0.2, -0.15) is 0 Å². The summed E-state index contributed by atoms with van der Waals surface area (Å²) in [5.41, 5.74) is 2.54. The molecule has 0 aromatic carbocycles. The number of hydrogen-bond acceptors (Lipinski definition) is 5. The highest BCUT2D eigenvalue weighted by Crippen LogP contribution is 2.37. The van der Waals surface area contributed by atoms with Crippen LogP contribution in [-0.2, 0) is 12.8 Å². The van der Waals surface area contributed by atoms with Gasteiger partial charge in [0.15, 0.2) is 11.5 Å². The molecule has 2 aromatic rings. The monoisotopic (exact) mass is 331 g/mol. The number of rotatable bonds is 4. The van der Waals surface area contributed by atoms with E-state index in [2.05, 4.69) is 26.8 Å². The lowest BCUT2D eigenvalue weighted by Gasteiger charge is -2.26. The van der Waals surface area contributed by atoms with Crippen LogP contribution in [0.5, 0.6) is 0 Å². The van der Waals surface area contributed by atoms with Crippen molar-refractivity contribution in [2.24, 2.45) is 0 Å². The van der Waals surface area contributed by atoms with E-state index in [1.54, 1.807) is 11.3 Å². The summed E-state index contributed by atoms with van der Waals surface area (Å²) in [5, 5.41) is 9.12. The first kappa shape index (κ1) is 14.9. The van der Waals surface area contributed by atoms with E-state index in [0.717, 1.165) is 49.4 Å². The van der Waals surface area contributed by atoms with Crippen LogP contribution in [0.15, 0.2) is 16.0 Å². The maximum absolute atomic E-state index is 12.4. The Labute approximate surface area is 139 Å². The summed E-state index contributed by atoms with van der Waals surface area (Å²) in [4.78, 5) is 16.2. The molecule has 1 fully saturated rings. The van der Waals surface area contributed by atoms with Crippen LogP contribution in [0.1, 0.15) is 40.2 Å². The normalized spacial score (nSPS) is 17.6. The fourth-order valence-corrected chi connectivity index (χ4v) is 4.38. The van der Waals surface area contributed by atoms with Crippen LogP contribution in [0, 0.1) is 0 Å². The lowest BCUT2D eigenvalue weighted by atomic mass is 9.95. The Morgan fingerprint density at radius 3 is 3.04 bits per heavy atom. The second-order valence-corrected chi connectivity index (χ2v) is 7.26. The average Bonchev–Trinajstić information content (AvgIpc) is 3.21. The molecule has 0 bridgehead atoms. The number of carbonyl (C=O) groups is 1. The molecule has 2 aliphatic rings. The van der Waals surface area contributed by atoms with Gasteiger partial charge in [0.2, 0.25) is 0 Å². The van der Waals surface area contributed by atoms with E-state index in [4.69, 9.17) is 4.52 Å². The minimum atomic E-state index is -0.106. The molecule has 0 radical (unpaired) electrons. The number of thiophene rings is 1. The number of piperidine rings is 1. The van der Waals surface area contributed by atoms with Crippen molar-refractivity contribution in [3.05, 3.63) is 27.6 Å². The van der Waals surface area contributed by atoms with Gasteiger partial charge in [0.05, 0.1) is 0 Å². The number of amides is 1. The van der Waals surface area contributed by atoms with Crippen LogP contribution in [0.4, 0.5) is 0 Å². The molecule has 6 heteroatoms. The van der Waals surface area contributed by atoms with Gasteiger partial charge in [-0.05, 0) is 50.2 Å². The minimum absolute atomic E-state index is 0.106. The van der Waals surface area contributed by atoms with E-state index in [1.165, 1.54) is 24.1 Å². The van der Waals surface area contributed by atoms with Gasteiger partial charge in [0.1, 0.15) is 0 Å². The van der Waals surface area contributed by atoms with Crippen LogP contribution < -0.4 is 5.32 Å². The molecule has 0 spiro atoms. The molecule has 0 atom stereocenters. The smallest absolute Gasteiger partial charge is 0.273 e. The Bertz CT molecular complexity index is 701. The fourth-order valence-electron chi connectivity index (χ4n) is 3.50. The molecule has 4 rings (SSSR count). The fraction of sp³-hybridized carbons (Fsp3) is 0.529. The Kier molecular flexibility index (Phi) is 4.18. The standard InChI is InChI=1S/C17H21N3O2S/c21-17(18-7-10-20-8-2-1-3-9-20)15-13-4-5-14-12(6-11-23-14)16(13)22-19-15/h6,11H,1-5,7-10H2,(H,18,21). The van der Waals surface area contributed by atoms with Gasteiger partial charge in [0.25, 0.3) is 5.91 Å². The Morgan fingerprint density at radius 2 is 2.17 bits per heavy atom. The molecule has 3 heterocycles. The van der Waals surface area contributed by atoms with E-state index in [-0.39, 0.29) is 5.91 Å². The van der Waals surface area contributed by atoms with Gasteiger partial charge < -0.3 is 14.7 Å². The molecule has 1 saturated heterocycles. The van der Waals surface area contributed by atoms with Crippen LogP contribution >= 0.6 is 11.3 Å². The molecule has 5 nitrogen and oxygen atoms in total. The number of nitrogens with zero attached hydrogens (tertiary/aromatic N) is 2. The maximum atomic E-state index is 12.4. The van der Waals surface area contributed by atoms with Gasteiger partial charge in [-0.15, -0.1) is 11.3 Å². The zero-order chi connectivity index (χ0) is 15.6. The Balaban J connectivity index is 1.40. The first-order valence-corrected chi connectivity index (χ1v) is 9.27. The zero-order valence-electron chi connectivity index (χ0n) is 13.1. The third kappa shape index (κ3) is 2.93. The summed E-state index contributed by atoms with van der Waals surface area (Å²) in [6.45, 7) is 3.89. The number of hydrogen-bond donors (Lipinski definition) is 1. The third-order valence-corrected chi connectivity index (χ3v) is 5.74. The van der Waals surface area contributed by atoms with E-state index >= 15 is 0 Å². The van der Waals surface area contributed by atoms with Crippen molar-refractivity contribution in [1.29, 1.82) is 0 Å². The summed E-state index contributed by atoms with van der Waals surface area (Å²) < 4.78 is 5.47. The van der Waals surface area contributed by atoms with E-state index < -0.39 is 0 Å². The number of fused-ring (bicyclic) bond motifs is 3. The lowest BCUT2D eigenvalue weighted by molar-refractivity contribution is 0.0937. The highest BCUT2D eigenvalue weighted by molar-refractivity contribution is 7.10. The highest BCUT2D eigenvalue weighted by atomic mass is 32.1. The molecule has 0 unspecified atom stereocenters. The number of likely N-dealkylation sites (tertiary alicyclic amines) is 1. The van der Waals surface area contributed by atoms with Crippen molar-refractivity contribution >= 4 is 17.2 Å². The van der Waals surface area contributed by atoms with Gasteiger partial charge in [-0.1, -0.05) is 11.6 Å². The molecule has 0 saturated carbocycles. The summed E-state index contributed by atoms with van der Waals surface area (Å²) in [6, 6.07) is 2.06. The first-order chi connectivity index (χ1) is 11.3. The molecular weight excluding hydrogens is 310 g/mol. The van der Waals surface area contributed by atoms with E-state index in [9.17, 15) is 4.79 Å². The van der Waals surface area contributed by atoms with Gasteiger partial charge in [-0.25, -0.2) is 0 Å². The lowest BCUT2D eigenvalue weighted by Crippen LogP contribution is -2.38. The minimum Gasteiger partial charge on any atom is -0.355 e. The molecule has 23 heavy (non-hydrogen) atoms. The summed E-state index contributed by atoms with van der Waals surface area (Å²) in [7, 11) is 0. The quantitative estimate of drug-likeness (QED) is 0.936. The van der Waals surface area contributed by atoms with Crippen LogP contribution in [0.2, 0.25) is 0 Å². The summed E-state index contributed by atoms with van der Waals surface area (Å²) in [6.07, 6.45) is 5.68. The van der Waals surface area contributed by atoms with E-state index in [0.29, 0.717) is 12.2 Å². The van der Waals surface area contributed by atoms with Gasteiger partial charge in [-0.3, -0.25) is 4.79 Å². The van der Waals surface area contributed by atoms with Crippen molar-refractivity contribution in [2.75, 3.05) is 26.2 Å². The Morgan fingerprint density at radius 1 is 1.30 bits per heavy atom. The molecule has 2 aromatic heterocycles. The highest BCUT2D eigenvalue weighted by Gasteiger charge is 2.28. The summed E-state index contributed by atoms with van der Waals surface area (Å²) >= 11 is 1.74. The Hall–Kier alpha value is -1.66. The largest absolute Gasteiger partial charge is 0.355 e. The van der Waals surface area contributed by atoms with Crippen molar-refractivity contribution in [3.63, 3.8) is 0 Å². The zero-order valence-corrected chi connectivity index (χ0v) is 14.0. The van der Waals surface area contributed by atoms with Gasteiger partial charge in [0, 0.05) is 29.1 Å². The molecule has 1 aliphatic heterocycles. The number of aromatic nitrogens is 1. The predicted octanol–water partition coefficient (Wildman–Crippen LogP) is 2.72. The van der Waals surface area contributed by atoms with Crippen molar-refractivity contribution in [1.82, 2.24) is 15.4 Å². The topological polar surface area (TPSA) is 58.4 Å².